The van der Waals surface area contributed by atoms with Crippen molar-refractivity contribution in [2.75, 3.05) is 19.6 Å². The van der Waals surface area contributed by atoms with Crippen LogP contribution in [0.1, 0.15) is 30.1 Å². The van der Waals surface area contributed by atoms with Crippen LogP contribution in [0.2, 0.25) is 0 Å². The predicted molar refractivity (Wildman–Crippen MR) is 119 cm³/mol. The normalized spacial score (nSPS) is 17.2. The molecule has 0 bridgehead atoms. The number of pyridine rings is 1. The van der Waals surface area contributed by atoms with Gasteiger partial charge in [-0.3, -0.25) is 9.69 Å². The quantitative estimate of drug-likeness (QED) is 0.519. The van der Waals surface area contributed by atoms with Crippen molar-refractivity contribution >= 4 is 33.8 Å². The minimum Gasteiger partial charge on any atom is -0.350 e. The molecule has 0 spiro atoms. The molecule has 30 heavy (non-hydrogen) atoms. The van der Waals surface area contributed by atoms with Gasteiger partial charge in [0.1, 0.15) is 0 Å². The van der Waals surface area contributed by atoms with E-state index in [9.17, 15) is 9.59 Å². The number of benzene rings is 1. The van der Waals surface area contributed by atoms with Gasteiger partial charge in [0.15, 0.2) is 5.65 Å². The van der Waals surface area contributed by atoms with E-state index in [1.807, 2.05) is 29.6 Å². The van der Waals surface area contributed by atoms with Crippen molar-refractivity contribution in [2.45, 2.75) is 25.8 Å². The Balaban J connectivity index is 1.56. The van der Waals surface area contributed by atoms with Gasteiger partial charge in [0.05, 0.1) is 11.1 Å². The van der Waals surface area contributed by atoms with Crippen LogP contribution in [0.5, 0.6) is 0 Å². The van der Waals surface area contributed by atoms with Gasteiger partial charge in [-0.25, -0.2) is 14.3 Å². The molecule has 0 radical (unpaired) electrons. The van der Waals surface area contributed by atoms with Gasteiger partial charge in [0.25, 0.3) is 5.91 Å². The number of H-pyrrole nitrogens is 1. The Hall–Kier alpha value is -2.97. The number of carbonyl (C=O) groups excluding carboxylic acids is 1. The van der Waals surface area contributed by atoms with E-state index in [0.29, 0.717) is 29.3 Å². The molecular weight excluding hydrogens is 398 g/mol. The Morgan fingerprint density at radius 2 is 2.20 bits per heavy atom. The van der Waals surface area contributed by atoms with Gasteiger partial charge in [-0.1, -0.05) is 19.1 Å². The summed E-state index contributed by atoms with van der Waals surface area (Å²) in [4.78, 5) is 27.9. The van der Waals surface area contributed by atoms with E-state index in [1.165, 1.54) is 10.8 Å². The molecule has 0 aliphatic carbocycles. The molecule has 1 amide bonds. The third kappa shape index (κ3) is 3.22. The SMILES string of the molecule is CCN1CCCC1CNC(=O)c1cc2n[nH]c(=O)n2c2cc(-c3ccsc3)ccc12. The monoisotopic (exact) mass is 421 g/mol. The average Bonchev–Trinajstić information content (AvgIpc) is 3.52. The molecule has 3 aromatic heterocycles. The van der Waals surface area contributed by atoms with Gasteiger partial charge in [-0.15, -0.1) is 0 Å². The number of fused-ring (bicyclic) bond motifs is 3. The molecule has 1 atom stereocenters. The summed E-state index contributed by atoms with van der Waals surface area (Å²) in [5.74, 6) is -0.135. The fraction of sp³-hybridized carbons (Fsp3) is 0.318. The molecule has 1 fully saturated rings. The molecule has 1 aromatic carbocycles. The number of aromatic amines is 1. The Bertz CT molecular complexity index is 1270. The minimum atomic E-state index is -0.311. The van der Waals surface area contributed by atoms with Gasteiger partial charge in [-0.05, 0) is 66.0 Å². The summed E-state index contributed by atoms with van der Waals surface area (Å²) in [6.07, 6.45) is 2.28. The Kier molecular flexibility index (Phi) is 4.88. The Labute approximate surface area is 177 Å². The molecule has 0 saturated carbocycles. The second kappa shape index (κ2) is 7.70. The summed E-state index contributed by atoms with van der Waals surface area (Å²) in [7, 11) is 0. The lowest BCUT2D eigenvalue weighted by Gasteiger charge is -2.23. The molecule has 7 nitrogen and oxygen atoms in total. The lowest BCUT2D eigenvalue weighted by atomic mass is 10.0. The molecule has 2 N–H and O–H groups in total. The van der Waals surface area contributed by atoms with E-state index in [0.717, 1.165) is 36.0 Å². The second-order valence-electron chi connectivity index (χ2n) is 7.66. The topological polar surface area (TPSA) is 82.5 Å². The predicted octanol–water partition coefficient (Wildman–Crippen LogP) is 3.12. The van der Waals surface area contributed by atoms with Crippen LogP contribution in [0.3, 0.4) is 0 Å². The van der Waals surface area contributed by atoms with Crippen LogP contribution in [0.4, 0.5) is 0 Å². The van der Waals surface area contributed by atoms with Crippen molar-refractivity contribution in [3.05, 3.63) is 57.1 Å². The zero-order valence-electron chi connectivity index (χ0n) is 16.7. The maximum Gasteiger partial charge on any atom is 0.348 e. The summed E-state index contributed by atoms with van der Waals surface area (Å²) >= 11 is 1.62. The van der Waals surface area contributed by atoms with E-state index < -0.39 is 0 Å². The number of thiophene rings is 1. The largest absolute Gasteiger partial charge is 0.350 e. The van der Waals surface area contributed by atoms with Gasteiger partial charge in [0.2, 0.25) is 0 Å². The van der Waals surface area contributed by atoms with E-state index in [1.54, 1.807) is 17.4 Å². The summed E-state index contributed by atoms with van der Waals surface area (Å²) in [5, 5.41) is 14.5. The number of rotatable bonds is 5. The first kappa shape index (κ1) is 19.0. The van der Waals surface area contributed by atoms with E-state index in [2.05, 4.69) is 32.7 Å². The van der Waals surface area contributed by atoms with Gasteiger partial charge < -0.3 is 5.32 Å². The van der Waals surface area contributed by atoms with Crippen molar-refractivity contribution in [2.24, 2.45) is 0 Å². The molecule has 154 valence electrons. The van der Waals surface area contributed by atoms with Crippen LogP contribution >= 0.6 is 11.3 Å². The van der Waals surface area contributed by atoms with Crippen LogP contribution in [0.15, 0.2) is 45.9 Å². The van der Waals surface area contributed by atoms with E-state index >= 15 is 0 Å². The second-order valence-corrected chi connectivity index (χ2v) is 8.44. The maximum absolute atomic E-state index is 13.1. The molecule has 4 heterocycles. The van der Waals surface area contributed by atoms with Crippen LogP contribution < -0.4 is 11.0 Å². The standard InChI is InChI=1S/C22H23N5O2S/c1-2-26-8-3-4-16(26)12-23-21(28)18-11-20-24-25-22(29)27(20)19-10-14(5-6-17(18)19)15-7-9-30-13-15/h5-7,9-11,13,16H,2-4,8,12H2,1H3,(H,23,28)(H,25,29). The Morgan fingerprint density at radius 3 is 3.00 bits per heavy atom. The highest BCUT2D eigenvalue weighted by molar-refractivity contribution is 7.08. The molecule has 1 aliphatic rings. The highest BCUT2D eigenvalue weighted by Gasteiger charge is 2.24. The summed E-state index contributed by atoms with van der Waals surface area (Å²) in [6.45, 7) is 4.87. The van der Waals surface area contributed by atoms with Gasteiger partial charge in [-0.2, -0.15) is 16.4 Å². The maximum atomic E-state index is 13.1. The van der Waals surface area contributed by atoms with Gasteiger partial charge >= 0.3 is 5.69 Å². The summed E-state index contributed by atoms with van der Waals surface area (Å²) in [5.41, 5.74) is 3.43. The number of nitrogens with one attached hydrogen (secondary N) is 2. The smallest absolute Gasteiger partial charge is 0.348 e. The number of likely N-dealkylation sites (N-methyl/N-ethyl adjacent to an activating group) is 1. The fourth-order valence-corrected chi connectivity index (χ4v) is 5.10. The van der Waals surface area contributed by atoms with Gasteiger partial charge in [0, 0.05) is 18.0 Å². The van der Waals surface area contributed by atoms with Crippen LogP contribution in [0.25, 0.3) is 27.7 Å². The summed E-state index contributed by atoms with van der Waals surface area (Å²) < 4.78 is 1.53. The van der Waals surface area contributed by atoms with E-state index in [-0.39, 0.29) is 11.6 Å². The molecule has 8 heteroatoms. The summed E-state index contributed by atoms with van der Waals surface area (Å²) in [6, 6.07) is 9.98. The third-order valence-corrected chi connectivity index (χ3v) is 6.69. The van der Waals surface area contributed by atoms with Crippen molar-refractivity contribution in [1.29, 1.82) is 0 Å². The number of carbonyl (C=O) groups is 1. The number of likely N-dealkylation sites (tertiary alicyclic amines) is 1. The highest BCUT2D eigenvalue weighted by atomic mass is 32.1. The molecule has 1 aliphatic heterocycles. The van der Waals surface area contributed by atoms with Crippen molar-refractivity contribution in [3.8, 4) is 11.1 Å². The molecule has 4 aromatic rings. The first-order valence-electron chi connectivity index (χ1n) is 10.2. The number of hydrogen-bond acceptors (Lipinski definition) is 5. The Morgan fingerprint density at radius 1 is 1.30 bits per heavy atom. The zero-order chi connectivity index (χ0) is 20.7. The minimum absolute atomic E-state index is 0.135. The van der Waals surface area contributed by atoms with E-state index in [4.69, 9.17) is 0 Å². The van der Waals surface area contributed by atoms with Crippen molar-refractivity contribution in [3.63, 3.8) is 0 Å². The van der Waals surface area contributed by atoms with Crippen LogP contribution in [-0.4, -0.2) is 51.1 Å². The van der Waals surface area contributed by atoms with Crippen molar-refractivity contribution < 1.29 is 4.79 Å². The number of nitrogens with zero attached hydrogens (tertiary/aromatic N) is 3. The van der Waals surface area contributed by atoms with Crippen molar-refractivity contribution in [1.82, 2.24) is 24.8 Å². The third-order valence-electron chi connectivity index (χ3n) is 6.00. The number of amides is 1. The first-order chi connectivity index (χ1) is 14.7. The fourth-order valence-electron chi connectivity index (χ4n) is 4.43. The van der Waals surface area contributed by atoms with Crippen LogP contribution in [0, 0.1) is 0 Å². The lowest BCUT2D eigenvalue weighted by Crippen LogP contribution is -2.40. The lowest BCUT2D eigenvalue weighted by molar-refractivity contribution is 0.0943. The zero-order valence-corrected chi connectivity index (χ0v) is 17.5. The number of aromatic nitrogens is 3. The highest BCUT2D eigenvalue weighted by Crippen LogP contribution is 2.28. The number of hydrogen-bond donors (Lipinski definition) is 2. The molecule has 5 rings (SSSR count). The first-order valence-corrected chi connectivity index (χ1v) is 11.2. The molecule has 1 saturated heterocycles. The average molecular weight is 422 g/mol. The molecular formula is C22H23N5O2S. The molecule has 1 unspecified atom stereocenters. The van der Waals surface area contributed by atoms with Crippen LogP contribution in [-0.2, 0) is 0 Å².